The molecule has 1 amide bonds. The minimum Gasteiger partial charge on any atom is -0.327 e. The number of imidazole rings is 1. The molecular formula is C22H21F2N5OS. The number of halogens is 2. The summed E-state index contributed by atoms with van der Waals surface area (Å²) >= 11 is 1.11. The average molecular weight is 442 g/mol. The Morgan fingerprint density at radius 3 is 2.77 bits per heavy atom. The number of nitrogens with zero attached hydrogens (tertiary/aromatic N) is 4. The van der Waals surface area contributed by atoms with E-state index in [2.05, 4.69) is 24.8 Å². The first-order valence-electron chi connectivity index (χ1n) is 9.66. The lowest BCUT2D eigenvalue weighted by atomic mass is 10.2. The van der Waals surface area contributed by atoms with Crippen LogP contribution in [0.1, 0.15) is 11.4 Å². The van der Waals surface area contributed by atoms with Crippen LogP contribution in [0.15, 0.2) is 46.3 Å². The molecule has 1 aliphatic heterocycles. The number of hydrogen-bond acceptors (Lipinski definition) is 5. The molecule has 4 rings (SSSR count). The van der Waals surface area contributed by atoms with Gasteiger partial charge in [-0.1, -0.05) is 6.07 Å². The summed E-state index contributed by atoms with van der Waals surface area (Å²) in [7, 11) is 4.05. The van der Waals surface area contributed by atoms with E-state index >= 15 is 0 Å². The molecule has 0 bridgehead atoms. The molecule has 0 radical (unpaired) electrons. The summed E-state index contributed by atoms with van der Waals surface area (Å²) in [6, 6.07) is 8.95. The summed E-state index contributed by atoms with van der Waals surface area (Å²) in [6.07, 6.45) is 1.77. The maximum absolute atomic E-state index is 13.9. The van der Waals surface area contributed by atoms with Gasteiger partial charge in [-0.15, -0.1) is 0 Å². The standard InChI is InChI=1S/C22H21F2N5OS/c1-13-25-18-6-4-14(10-19(18)29(13)9-8-28(2)3)11-20-21(30)27-22(31-20)26-17-7-5-15(23)12-16(17)24/h4-7,10-12H,8-9H2,1-3H3,(H,26,27,30). The Kier molecular flexibility index (Phi) is 5.88. The van der Waals surface area contributed by atoms with E-state index in [0.717, 1.165) is 59.4 Å². The predicted octanol–water partition coefficient (Wildman–Crippen LogP) is 4.08. The molecule has 1 aliphatic rings. The maximum Gasteiger partial charge on any atom is 0.264 e. The number of fused-ring (bicyclic) bond motifs is 1. The molecule has 1 aromatic heterocycles. The van der Waals surface area contributed by atoms with Crippen LogP contribution in [0.2, 0.25) is 0 Å². The Bertz CT molecular complexity index is 1230. The summed E-state index contributed by atoms with van der Waals surface area (Å²) in [6.45, 7) is 3.67. The zero-order chi connectivity index (χ0) is 22.1. The first-order chi connectivity index (χ1) is 14.8. The third kappa shape index (κ3) is 4.67. The van der Waals surface area contributed by atoms with Crippen LogP contribution in [-0.2, 0) is 11.3 Å². The Morgan fingerprint density at radius 1 is 1.23 bits per heavy atom. The number of carbonyl (C=O) groups is 1. The molecular weight excluding hydrogens is 420 g/mol. The first-order valence-corrected chi connectivity index (χ1v) is 10.5. The van der Waals surface area contributed by atoms with E-state index in [1.807, 2.05) is 39.2 Å². The normalized spacial score (nSPS) is 16.8. The highest BCUT2D eigenvalue weighted by molar-refractivity contribution is 8.18. The number of hydrogen-bond donors (Lipinski definition) is 1. The minimum absolute atomic E-state index is 0.0351. The van der Waals surface area contributed by atoms with Crippen molar-refractivity contribution in [1.82, 2.24) is 19.8 Å². The Labute approximate surface area is 182 Å². The number of amides is 1. The van der Waals surface area contributed by atoms with Crippen molar-refractivity contribution < 1.29 is 13.6 Å². The fraction of sp³-hybridized carbons (Fsp3) is 0.227. The molecule has 2 heterocycles. The Morgan fingerprint density at radius 2 is 2.03 bits per heavy atom. The molecule has 0 atom stereocenters. The summed E-state index contributed by atoms with van der Waals surface area (Å²) in [5, 5.41) is 2.87. The van der Waals surface area contributed by atoms with Crippen molar-refractivity contribution in [3.05, 3.63) is 64.3 Å². The third-order valence-corrected chi connectivity index (χ3v) is 5.72. The number of likely N-dealkylation sites (N-methyl/N-ethyl adjacent to an activating group) is 1. The lowest BCUT2D eigenvalue weighted by Crippen LogP contribution is -2.19. The molecule has 1 fully saturated rings. The van der Waals surface area contributed by atoms with Gasteiger partial charge in [-0.25, -0.2) is 18.8 Å². The van der Waals surface area contributed by atoms with E-state index in [9.17, 15) is 13.6 Å². The van der Waals surface area contributed by atoms with Crippen molar-refractivity contribution in [2.75, 3.05) is 20.6 Å². The van der Waals surface area contributed by atoms with E-state index < -0.39 is 11.6 Å². The van der Waals surface area contributed by atoms with Gasteiger partial charge in [0.15, 0.2) is 11.0 Å². The number of rotatable bonds is 5. The van der Waals surface area contributed by atoms with Crippen molar-refractivity contribution >= 4 is 45.6 Å². The Balaban J connectivity index is 1.61. The summed E-state index contributed by atoms with van der Waals surface area (Å²) in [5.41, 5.74) is 2.72. The topological polar surface area (TPSA) is 62.5 Å². The molecule has 9 heteroatoms. The molecule has 0 aliphatic carbocycles. The van der Waals surface area contributed by atoms with Crippen molar-refractivity contribution in [3.8, 4) is 0 Å². The van der Waals surface area contributed by atoms with E-state index in [4.69, 9.17) is 0 Å². The van der Waals surface area contributed by atoms with Crippen LogP contribution < -0.4 is 5.32 Å². The summed E-state index contributed by atoms with van der Waals surface area (Å²) < 4.78 is 29.1. The molecule has 160 valence electrons. The van der Waals surface area contributed by atoms with Gasteiger partial charge in [-0.05, 0) is 68.7 Å². The van der Waals surface area contributed by atoms with Gasteiger partial charge < -0.3 is 14.8 Å². The fourth-order valence-electron chi connectivity index (χ4n) is 3.25. The fourth-order valence-corrected chi connectivity index (χ4v) is 4.08. The van der Waals surface area contributed by atoms with E-state index in [-0.39, 0.29) is 16.8 Å². The van der Waals surface area contributed by atoms with Gasteiger partial charge in [0.05, 0.1) is 15.9 Å². The van der Waals surface area contributed by atoms with Crippen LogP contribution in [0.4, 0.5) is 14.5 Å². The lowest BCUT2D eigenvalue weighted by Gasteiger charge is -2.12. The number of aromatic nitrogens is 2. The highest BCUT2D eigenvalue weighted by Gasteiger charge is 2.24. The summed E-state index contributed by atoms with van der Waals surface area (Å²) in [5.74, 6) is -0.846. The number of aryl methyl sites for hydroxylation is 1. The van der Waals surface area contributed by atoms with Crippen molar-refractivity contribution in [1.29, 1.82) is 0 Å². The molecule has 3 aromatic rings. The summed E-state index contributed by atoms with van der Waals surface area (Å²) in [4.78, 5) is 23.6. The monoisotopic (exact) mass is 441 g/mol. The third-order valence-electron chi connectivity index (χ3n) is 4.81. The molecule has 1 saturated heterocycles. The molecule has 6 nitrogen and oxygen atoms in total. The quantitative estimate of drug-likeness (QED) is 0.606. The number of nitrogens with one attached hydrogen (secondary N) is 1. The van der Waals surface area contributed by atoms with Crippen LogP contribution >= 0.6 is 11.8 Å². The number of benzene rings is 2. The van der Waals surface area contributed by atoms with Crippen molar-refractivity contribution in [3.63, 3.8) is 0 Å². The minimum atomic E-state index is -0.786. The van der Waals surface area contributed by atoms with E-state index in [1.54, 1.807) is 6.08 Å². The van der Waals surface area contributed by atoms with Gasteiger partial charge >= 0.3 is 0 Å². The smallest absolute Gasteiger partial charge is 0.264 e. The number of aliphatic imine (C=N–C) groups is 1. The molecule has 0 saturated carbocycles. The number of thioether (sulfide) groups is 1. The molecule has 31 heavy (non-hydrogen) atoms. The van der Waals surface area contributed by atoms with Crippen LogP contribution in [0.25, 0.3) is 17.1 Å². The van der Waals surface area contributed by atoms with Gasteiger partial charge in [-0.2, -0.15) is 0 Å². The average Bonchev–Trinajstić information content (AvgIpc) is 3.20. The molecule has 0 unspecified atom stereocenters. The second kappa shape index (κ2) is 8.60. The van der Waals surface area contributed by atoms with Crippen LogP contribution in [0.3, 0.4) is 0 Å². The van der Waals surface area contributed by atoms with Gasteiger partial charge in [0.2, 0.25) is 0 Å². The Hall–Kier alpha value is -3.04. The molecule has 1 N–H and O–H groups in total. The van der Waals surface area contributed by atoms with Gasteiger partial charge in [0, 0.05) is 19.2 Å². The second-order valence-electron chi connectivity index (χ2n) is 7.44. The number of amidine groups is 1. The lowest BCUT2D eigenvalue weighted by molar-refractivity contribution is -0.115. The van der Waals surface area contributed by atoms with Gasteiger partial charge in [0.1, 0.15) is 17.3 Å². The van der Waals surface area contributed by atoms with Crippen LogP contribution in [0, 0.1) is 18.6 Å². The largest absolute Gasteiger partial charge is 0.327 e. The highest BCUT2D eigenvalue weighted by atomic mass is 32.2. The molecule has 0 spiro atoms. The van der Waals surface area contributed by atoms with Crippen molar-refractivity contribution in [2.24, 2.45) is 4.99 Å². The van der Waals surface area contributed by atoms with E-state index in [0.29, 0.717) is 4.91 Å². The maximum atomic E-state index is 13.9. The van der Waals surface area contributed by atoms with Crippen LogP contribution in [-0.4, -0.2) is 46.2 Å². The van der Waals surface area contributed by atoms with Gasteiger partial charge in [-0.3, -0.25) is 4.79 Å². The van der Waals surface area contributed by atoms with Crippen molar-refractivity contribution in [2.45, 2.75) is 13.5 Å². The predicted molar refractivity (Wildman–Crippen MR) is 120 cm³/mol. The number of carbonyl (C=O) groups excluding carboxylic acids is 1. The SMILES string of the molecule is Cc1nc2ccc(C=C3SC(=Nc4ccc(F)cc4F)NC3=O)cc2n1CCN(C)C. The van der Waals surface area contributed by atoms with Crippen LogP contribution in [0.5, 0.6) is 0 Å². The zero-order valence-corrected chi connectivity index (χ0v) is 18.1. The second-order valence-corrected chi connectivity index (χ2v) is 8.47. The van der Waals surface area contributed by atoms with Gasteiger partial charge in [0.25, 0.3) is 5.91 Å². The molecule has 2 aromatic carbocycles. The van der Waals surface area contributed by atoms with E-state index in [1.165, 1.54) is 6.07 Å². The highest BCUT2D eigenvalue weighted by Crippen LogP contribution is 2.30. The zero-order valence-electron chi connectivity index (χ0n) is 17.3. The first kappa shape index (κ1) is 21.2.